The van der Waals surface area contributed by atoms with Crippen LogP contribution in [0.25, 0.3) is 0 Å². The molecule has 0 bridgehead atoms. The Kier molecular flexibility index (Phi) is 44.0. The van der Waals surface area contributed by atoms with Crippen LogP contribution < -0.4 is 17.2 Å². The number of carbonyl (C=O) groups excluding carboxylic acids is 5. The van der Waals surface area contributed by atoms with Gasteiger partial charge in [0.25, 0.3) is 0 Å². The van der Waals surface area contributed by atoms with Crippen LogP contribution in [-0.2, 0) is 24.0 Å². The lowest BCUT2D eigenvalue weighted by Gasteiger charge is -2.26. The molecular weight excluding hydrogens is 735 g/mol. The second-order valence-electron chi connectivity index (χ2n) is 17.1. The first kappa shape index (κ1) is 62.0. The molecule has 14 heteroatoms. The van der Waals surface area contributed by atoms with E-state index in [0.717, 1.165) is 64.3 Å². The molecule has 0 aromatic rings. The molecular formula is C44H93N9O5. The van der Waals surface area contributed by atoms with Crippen molar-refractivity contribution < 1.29 is 24.0 Å². The maximum atomic E-state index is 10.9. The van der Waals surface area contributed by atoms with Crippen LogP contribution >= 0.6 is 0 Å². The maximum absolute atomic E-state index is 10.9. The van der Waals surface area contributed by atoms with E-state index in [1.165, 1.54) is 38.5 Å². The van der Waals surface area contributed by atoms with E-state index >= 15 is 0 Å². The lowest BCUT2D eigenvalue weighted by atomic mass is 9.89. The highest BCUT2D eigenvalue weighted by Gasteiger charge is 2.15. The van der Waals surface area contributed by atoms with Gasteiger partial charge in [-0.25, -0.2) is 0 Å². The molecule has 344 valence electrons. The van der Waals surface area contributed by atoms with Crippen LogP contribution in [0.4, 0.5) is 0 Å². The number of Topliss-reactive ketones (excluding diaryl/α,β-unsaturated/α-hetero) is 5. The normalized spacial score (nSPS) is 12.6. The van der Waals surface area contributed by atoms with Gasteiger partial charge in [0, 0.05) is 25.7 Å². The SMILES string of the molecule is CC(=O)CN(C)C(C)C.CC(=O)CN(C)CC(C)C.CC(=O)CN(C)CC1CCCCC1.CC(=O)CN(C)CCCCCN.CC(=O)CN(C)CCCCN=C(N)N. The molecule has 6 N–H and O–H groups in total. The number of rotatable bonds is 25. The number of ketones is 5. The molecule has 1 aliphatic carbocycles. The summed E-state index contributed by atoms with van der Waals surface area (Å²) in [6.07, 6.45) is 12.3. The minimum Gasteiger partial charge on any atom is -0.370 e. The van der Waals surface area contributed by atoms with E-state index in [9.17, 15) is 24.0 Å². The summed E-state index contributed by atoms with van der Waals surface area (Å²) in [6, 6.07) is 0.467. The van der Waals surface area contributed by atoms with Gasteiger partial charge in [-0.1, -0.05) is 39.5 Å². The molecule has 0 radical (unpaired) electrons. The summed E-state index contributed by atoms with van der Waals surface area (Å²) in [5.41, 5.74) is 15.7. The van der Waals surface area contributed by atoms with Crippen molar-refractivity contribution in [3.05, 3.63) is 0 Å². The highest BCUT2D eigenvalue weighted by Crippen LogP contribution is 2.23. The minimum absolute atomic E-state index is 0.141. The number of guanidine groups is 1. The summed E-state index contributed by atoms with van der Waals surface area (Å²) in [6.45, 7) is 24.9. The van der Waals surface area contributed by atoms with E-state index < -0.39 is 0 Å². The average Bonchev–Trinajstić information content (AvgIpc) is 3.06. The summed E-state index contributed by atoms with van der Waals surface area (Å²) in [5.74, 6) is 2.80. The fourth-order valence-electron chi connectivity index (χ4n) is 6.18. The van der Waals surface area contributed by atoms with Crippen molar-refractivity contribution in [3.63, 3.8) is 0 Å². The Labute approximate surface area is 356 Å². The highest BCUT2D eigenvalue weighted by molar-refractivity contribution is 5.79. The molecule has 0 amide bonds. The second-order valence-corrected chi connectivity index (χ2v) is 17.1. The number of hydrogen-bond acceptors (Lipinski definition) is 12. The largest absolute Gasteiger partial charge is 0.370 e. The fraction of sp³-hybridized carbons (Fsp3) is 0.864. The lowest BCUT2D eigenvalue weighted by Crippen LogP contribution is -2.30. The predicted molar refractivity (Wildman–Crippen MR) is 245 cm³/mol. The summed E-state index contributed by atoms with van der Waals surface area (Å²) in [7, 11) is 9.88. The first-order chi connectivity index (χ1) is 26.9. The smallest absolute Gasteiger partial charge is 0.185 e. The summed E-state index contributed by atoms with van der Waals surface area (Å²) >= 11 is 0. The highest BCUT2D eigenvalue weighted by atomic mass is 16.1. The van der Waals surface area contributed by atoms with Crippen LogP contribution in [0.15, 0.2) is 4.99 Å². The minimum atomic E-state index is 0.141. The number of carbonyl (C=O) groups is 5. The molecule has 1 fully saturated rings. The number of nitrogens with two attached hydrogens (primary N) is 3. The molecule has 0 saturated heterocycles. The Balaban J connectivity index is -0.000000317. The zero-order chi connectivity index (χ0) is 45.6. The Hall–Kier alpha value is -2.62. The molecule has 0 heterocycles. The van der Waals surface area contributed by atoms with Gasteiger partial charge in [0.15, 0.2) is 5.96 Å². The van der Waals surface area contributed by atoms with E-state index in [2.05, 4.69) is 49.5 Å². The molecule has 0 aromatic carbocycles. The van der Waals surface area contributed by atoms with Crippen LogP contribution in [0.3, 0.4) is 0 Å². The van der Waals surface area contributed by atoms with Crippen molar-refractivity contribution >= 4 is 34.9 Å². The van der Waals surface area contributed by atoms with Crippen molar-refractivity contribution in [2.75, 3.05) is 107 Å². The lowest BCUT2D eigenvalue weighted by molar-refractivity contribution is -0.119. The molecule has 1 saturated carbocycles. The van der Waals surface area contributed by atoms with Crippen LogP contribution in [0.1, 0.15) is 127 Å². The Bertz CT molecular complexity index is 1080. The number of unbranched alkanes of at least 4 members (excludes halogenated alkanes) is 3. The van der Waals surface area contributed by atoms with Gasteiger partial charge < -0.3 is 17.2 Å². The number of nitrogens with zero attached hydrogens (tertiary/aromatic N) is 6. The van der Waals surface area contributed by atoms with Gasteiger partial charge in [0.1, 0.15) is 28.9 Å². The first-order valence-corrected chi connectivity index (χ1v) is 21.6. The monoisotopic (exact) mass is 828 g/mol. The molecule has 0 spiro atoms. The molecule has 0 unspecified atom stereocenters. The second kappa shape index (κ2) is 41.1. The van der Waals surface area contributed by atoms with Gasteiger partial charge in [-0.15, -0.1) is 0 Å². The van der Waals surface area contributed by atoms with Gasteiger partial charge in [0.05, 0.1) is 32.7 Å². The molecule has 1 rings (SSSR count). The van der Waals surface area contributed by atoms with E-state index in [0.29, 0.717) is 51.2 Å². The number of likely N-dealkylation sites (N-methyl/N-ethyl adjacent to an activating group) is 5. The summed E-state index contributed by atoms with van der Waals surface area (Å²) in [5, 5.41) is 0. The molecule has 0 atom stereocenters. The molecule has 1 aliphatic rings. The third kappa shape index (κ3) is 55.5. The van der Waals surface area contributed by atoms with Crippen LogP contribution in [0.5, 0.6) is 0 Å². The standard InChI is InChI=1S/C11H21NO.C9H20N4O.C9H20N2O.C8H17NO.C7H15NO/c1-10(13)8-12(2)9-11-6-4-3-5-7-11;1-8(14)7-13(2)6-4-3-5-12-9(10)11;1-9(12)8-11(2)7-5-3-4-6-10;1-7(2)5-9(4)6-8(3)10;1-6(2)8(4)5-7(3)9/h11H,3-9H2,1-2H3;3-7H2,1-2H3,(H4,10,11,12);3-8,10H2,1-2H3;7H,5-6H2,1-4H3;6H,5H2,1-4H3. The number of aliphatic imine (C=N–C) groups is 1. The first-order valence-electron chi connectivity index (χ1n) is 21.6. The van der Waals surface area contributed by atoms with Gasteiger partial charge in [0.2, 0.25) is 0 Å². The van der Waals surface area contributed by atoms with Crippen molar-refractivity contribution in [3.8, 4) is 0 Å². The molecule has 14 nitrogen and oxygen atoms in total. The molecule has 0 aliphatic heterocycles. The van der Waals surface area contributed by atoms with Crippen LogP contribution in [0, 0.1) is 11.8 Å². The summed E-state index contributed by atoms with van der Waals surface area (Å²) < 4.78 is 0. The molecule has 58 heavy (non-hydrogen) atoms. The van der Waals surface area contributed by atoms with Gasteiger partial charge in [-0.05, 0) is 154 Å². The molecule has 0 aromatic heterocycles. The van der Waals surface area contributed by atoms with Gasteiger partial charge in [-0.3, -0.25) is 53.5 Å². The summed E-state index contributed by atoms with van der Waals surface area (Å²) in [4.78, 5) is 67.5. The zero-order valence-electron chi connectivity index (χ0n) is 40.0. The van der Waals surface area contributed by atoms with E-state index in [-0.39, 0.29) is 34.9 Å². The van der Waals surface area contributed by atoms with Gasteiger partial charge >= 0.3 is 0 Å². The van der Waals surface area contributed by atoms with E-state index in [1.54, 1.807) is 34.6 Å². The van der Waals surface area contributed by atoms with Crippen LogP contribution in [-0.4, -0.2) is 173 Å². The average molecular weight is 828 g/mol. The van der Waals surface area contributed by atoms with Crippen LogP contribution in [0.2, 0.25) is 0 Å². The fourth-order valence-corrected chi connectivity index (χ4v) is 6.18. The maximum Gasteiger partial charge on any atom is 0.185 e. The van der Waals surface area contributed by atoms with Gasteiger partial charge in [-0.2, -0.15) is 0 Å². The number of hydrogen-bond donors (Lipinski definition) is 3. The van der Waals surface area contributed by atoms with Crippen molar-refractivity contribution in [2.45, 2.75) is 133 Å². The quantitative estimate of drug-likeness (QED) is 0.0669. The topological polar surface area (TPSA) is 192 Å². The Morgan fingerprint density at radius 3 is 1.34 bits per heavy atom. The van der Waals surface area contributed by atoms with Crippen molar-refractivity contribution in [1.82, 2.24) is 24.5 Å². The Morgan fingerprint density at radius 1 is 0.569 bits per heavy atom. The van der Waals surface area contributed by atoms with E-state index in [4.69, 9.17) is 17.2 Å². The predicted octanol–water partition coefficient (Wildman–Crippen LogP) is 4.36. The third-order valence-electron chi connectivity index (χ3n) is 8.78. The zero-order valence-corrected chi connectivity index (χ0v) is 40.0. The van der Waals surface area contributed by atoms with Crippen molar-refractivity contribution in [1.29, 1.82) is 0 Å². The Morgan fingerprint density at radius 2 is 0.983 bits per heavy atom. The van der Waals surface area contributed by atoms with Crippen molar-refractivity contribution in [2.24, 2.45) is 34.0 Å². The van der Waals surface area contributed by atoms with E-state index in [1.807, 2.05) is 42.9 Å². The third-order valence-corrected chi connectivity index (χ3v) is 8.78.